The van der Waals surface area contributed by atoms with E-state index in [-0.39, 0.29) is 11.6 Å². The summed E-state index contributed by atoms with van der Waals surface area (Å²) in [5, 5.41) is 0. The lowest BCUT2D eigenvalue weighted by Crippen LogP contribution is -2.05. The predicted molar refractivity (Wildman–Crippen MR) is 101 cm³/mol. The Kier molecular flexibility index (Phi) is 5.90. The highest BCUT2D eigenvalue weighted by atomic mass is 19.3. The molecule has 0 aromatic heterocycles. The lowest BCUT2D eigenvalue weighted by atomic mass is 9.85. The van der Waals surface area contributed by atoms with Crippen LogP contribution in [-0.4, -0.2) is 0 Å². The van der Waals surface area contributed by atoms with Gasteiger partial charge in [-0.25, -0.2) is 0 Å². The van der Waals surface area contributed by atoms with Crippen molar-refractivity contribution >= 4 is 5.57 Å². The van der Waals surface area contributed by atoms with Crippen LogP contribution in [0.1, 0.15) is 58.3 Å². The summed E-state index contributed by atoms with van der Waals surface area (Å²) in [5.41, 5.74) is 2.34. The lowest BCUT2D eigenvalue weighted by Gasteiger charge is -2.21. The van der Waals surface area contributed by atoms with E-state index in [1.54, 1.807) is 12.1 Å². The van der Waals surface area contributed by atoms with Gasteiger partial charge in [-0.15, -0.1) is 0 Å². The van der Waals surface area contributed by atoms with Crippen LogP contribution in [0.25, 0.3) is 16.7 Å². The van der Waals surface area contributed by atoms with Crippen molar-refractivity contribution in [3.63, 3.8) is 0 Å². The zero-order chi connectivity index (χ0) is 18.4. The highest BCUT2D eigenvalue weighted by Crippen LogP contribution is 2.34. The molecule has 0 heterocycles. The first-order valence-electron chi connectivity index (χ1n) is 9.85. The summed E-state index contributed by atoms with van der Waals surface area (Å²) in [4.78, 5) is 0. The van der Waals surface area contributed by atoms with Crippen LogP contribution in [0.4, 0.5) is 8.78 Å². The van der Waals surface area contributed by atoms with Crippen LogP contribution < -0.4 is 0 Å². The first kappa shape index (κ1) is 16.5. The van der Waals surface area contributed by atoms with Crippen LogP contribution in [0, 0.1) is 5.92 Å². The van der Waals surface area contributed by atoms with E-state index in [0.717, 1.165) is 36.8 Å². The van der Waals surface area contributed by atoms with E-state index in [1.165, 1.54) is 19.3 Å². The first-order chi connectivity index (χ1) is 12.6. The van der Waals surface area contributed by atoms with Gasteiger partial charge in [0.2, 0.25) is 0 Å². The fourth-order valence-corrected chi connectivity index (χ4v) is 3.75. The molecular formula is C23H26F2. The second-order valence-corrected chi connectivity index (χ2v) is 7.01. The third kappa shape index (κ3) is 5.01. The molecule has 2 heteroatoms. The van der Waals surface area contributed by atoms with E-state index in [9.17, 15) is 8.78 Å². The van der Waals surface area contributed by atoms with Crippen molar-refractivity contribution in [1.29, 1.82) is 0 Å². The smallest absolute Gasteiger partial charge is 0.173 e. The molecule has 3 rings (SSSR count). The van der Waals surface area contributed by atoms with Gasteiger partial charge in [0.05, 0.1) is 1.37 Å². The molecule has 0 aliphatic heterocycles. The monoisotopic (exact) mass is 341 g/mol. The Hall–Kier alpha value is -1.96. The van der Waals surface area contributed by atoms with Crippen LogP contribution in [-0.2, 0) is 0 Å². The highest BCUT2D eigenvalue weighted by Gasteiger charge is 2.18. The SMILES string of the molecule is [2H]c1cc(-c2ccccc2)ccc1C(CC1CCCCCCC1)=C(F)F. The molecule has 0 saturated heterocycles. The highest BCUT2D eigenvalue weighted by molar-refractivity contribution is 5.71. The number of hydrogen-bond acceptors (Lipinski definition) is 0. The maximum atomic E-state index is 13.7. The van der Waals surface area contributed by atoms with E-state index in [4.69, 9.17) is 1.37 Å². The minimum absolute atomic E-state index is 0.0696. The van der Waals surface area contributed by atoms with Crippen molar-refractivity contribution < 1.29 is 10.2 Å². The molecule has 0 amide bonds. The summed E-state index contributed by atoms with van der Waals surface area (Å²) >= 11 is 0. The molecule has 132 valence electrons. The second-order valence-electron chi connectivity index (χ2n) is 7.01. The van der Waals surface area contributed by atoms with Crippen LogP contribution >= 0.6 is 0 Å². The Balaban J connectivity index is 1.83. The fourth-order valence-electron chi connectivity index (χ4n) is 3.75. The predicted octanol–water partition coefficient (Wildman–Crippen LogP) is 7.71. The summed E-state index contributed by atoms with van der Waals surface area (Å²) in [6.07, 6.45) is 6.75. The quantitative estimate of drug-likeness (QED) is 0.534. The molecule has 25 heavy (non-hydrogen) atoms. The standard InChI is InChI=1S/C23H26F2/c24-23(25)22(17-18-9-5-2-1-3-6-10-18)21-15-13-20(14-16-21)19-11-7-4-8-12-19/h4,7-8,11-16,18H,1-3,5-6,9-10,17H2/i15D. The van der Waals surface area contributed by atoms with Gasteiger partial charge in [0.25, 0.3) is 6.08 Å². The minimum atomic E-state index is -1.63. The fraction of sp³-hybridized carbons (Fsp3) is 0.391. The third-order valence-corrected chi connectivity index (χ3v) is 5.19. The summed E-state index contributed by atoms with van der Waals surface area (Å²) in [5.74, 6) is 0.306. The van der Waals surface area contributed by atoms with E-state index in [0.29, 0.717) is 17.9 Å². The van der Waals surface area contributed by atoms with Gasteiger partial charge in [-0.05, 0) is 29.0 Å². The van der Waals surface area contributed by atoms with E-state index < -0.39 is 6.08 Å². The average molecular weight is 341 g/mol. The largest absolute Gasteiger partial charge is 0.274 e. The summed E-state index contributed by atoms with van der Waals surface area (Å²) < 4.78 is 35.8. The summed E-state index contributed by atoms with van der Waals surface area (Å²) in [7, 11) is 0. The molecule has 1 aliphatic carbocycles. The number of rotatable bonds is 4. The Morgan fingerprint density at radius 1 is 0.840 bits per heavy atom. The molecule has 1 saturated carbocycles. The minimum Gasteiger partial charge on any atom is -0.173 e. The number of allylic oxidation sites excluding steroid dienone is 1. The van der Waals surface area contributed by atoms with E-state index >= 15 is 0 Å². The van der Waals surface area contributed by atoms with Crippen LogP contribution in [0.2, 0.25) is 0 Å². The van der Waals surface area contributed by atoms with Crippen molar-refractivity contribution in [2.24, 2.45) is 5.92 Å². The Bertz CT molecular complexity index is 740. The molecule has 0 bridgehead atoms. The molecule has 2 aromatic rings. The van der Waals surface area contributed by atoms with Gasteiger partial charge in [-0.1, -0.05) is 99.5 Å². The van der Waals surface area contributed by atoms with Gasteiger partial charge in [-0.3, -0.25) is 0 Å². The third-order valence-electron chi connectivity index (χ3n) is 5.19. The van der Waals surface area contributed by atoms with Crippen molar-refractivity contribution in [3.05, 3.63) is 66.2 Å². The topological polar surface area (TPSA) is 0 Å². The Labute approximate surface area is 151 Å². The van der Waals surface area contributed by atoms with Crippen molar-refractivity contribution in [1.82, 2.24) is 0 Å². The van der Waals surface area contributed by atoms with E-state index in [2.05, 4.69) is 0 Å². The Morgan fingerprint density at radius 3 is 2.12 bits per heavy atom. The molecule has 1 fully saturated rings. The number of halogens is 2. The Morgan fingerprint density at radius 2 is 1.48 bits per heavy atom. The molecule has 0 nitrogen and oxygen atoms in total. The average Bonchev–Trinajstić information content (AvgIpc) is 2.62. The number of benzene rings is 2. The maximum absolute atomic E-state index is 13.7. The zero-order valence-corrected chi connectivity index (χ0v) is 14.6. The van der Waals surface area contributed by atoms with Gasteiger partial charge in [0, 0.05) is 5.57 Å². The van der Waals surface area contributed by atoms with Gasteiger partial charge < -0.3 is 0 Å². The van der Waals surface area contributed by atoms with Crippen molar-refractivity contribution in [2.45, 2.75) is 51.4 Å². The molecule has 0 N–H and O–H groups in total. The molecule has 0 atom stereocenters. The zero-order valence-electron chi connectivity index (χ0n) is 15.6. The molecule has 2 aromatic carbocycles. The molecule has 0 unspecified atom stereocenters. The van der Waals surface area contributed by atoms with Gasteiger partial charge >= 0.3 is 0 Å². The van der Waals surface area contributed by atoms with Crippen molar-refractivity contribution in [3.8, 4) is 11.1 Å². The molecule has 0 spiro atoms. The van der Waals surface area contributed by atoms with Crippen LogP contribution in [0.3, 0.4) is 0 Å². The first-order valence-corrected chi connectivity index (χ1v) is 9.35. The second kappa shape index (κ2) is 8.94. The maximum Gasteiger partial charge on any atom is 0.274 e. The van der Waals surface area contributed by atoms with Crippen LogP contribution in [0.15, 0.2) is 60.7 Å². The number of hydrogen-bond donors (Lipinski definition) is 0. The van der Waals surface area contributed by atoms with Gasteiger partial charge in [0.1, 0.15) is 0 Å². The van der Waals surface area contributed by atoms with Crippen LogP contribution in [0.5, 0.6) is 0 Å². The summed E-state index contributed by atoms with van der Waals surface area (Å²) in [6.45, 7) is 0. The normalized spacial score (nSPS) is 16.6. The molecule has 0 radical (unpaired) electrons. The molecular weight excluding hydrogens is 314 g/mol. The lowest BCUT2D eigenvalue weighted by molar-refractivity contribution is 0.374. The molecule has 1 aliphatic rings. The van der Waals surface area contributed by atoms with E-state index in [1.807, 2.05) is 36.4 Å². The summed E-state index contributed by atoms with van der Waals surface area (Å²) in [6, 6.07) is 15.2. The van der Waals surface area contributed by atoms with Crippen molar-refractivity contribution in [2.75, 3.05) is 0 Å². The van der Waals surface area contributed by atoms with Gasteiger partial charge in [0.15, 0.2) is 0 Å². The van der Waals surface area contributed by atoms with Gasteiger partial charge in [-0.2, -0.15) is 8.78 Å².